The van der Waals surface area contributed by atoms with E-state index < -0.39 is 10.0 Å². The quantitative estimate of drug-likeness (QED) is 0.825. The number of hydrogen-bond acceptors (Lipinski definition) is 5. The number of hydrogen-bond donors (Lipinski definition) is 0. The molecule has 0 unspecified atom stereocenters. The van der Waals surface area contributed by atoms with E-state index in [1.807, 2.05) is 6.07 Å². The van der Waals surface area contributed by atoms with Crippen LogP contribution in [0.5, 0.6) is 0 Å². The van der Waals surface area contributed by atoms with Crippen LogP contribution in [-0.4, -0.2) is 49.4 Å². The Morgan fingerprint density at radius 2 is 2.00 bits per heavy atom. The number of rotatable bonds is 4. The summed E-state index contributed by atoms with van der Waals surface area (Å²) in [6, 6.07) is 7.57. The summed E-state index contributed by atoms with van der Waals surface area (Å²) in [7, 11) is -0.372. The van der Waals surface area contributed by atoms with Gasteiger partial charge in [-0.25, -0.2) is 22.7 Å². The Kier molecular flexibility index (Phi) is 4.23. The first-order chi connectivity index (χ1) is 12.4. The molecule has 1 saturated heterocycles. The van der Waals surface area contributed by atoms with Gasteiger partial charge in [0.25, 0.3) is 0 Å². The Morgan fingerprint density at radius 1 is 1.19 bits per heavy atom. The number of sulfonamides is 1. The van der Waals surface area contributed by atoms with Gasteiger partial charge in [-0.2, -0.15) is 0 Å². The fourth-order valence-corrected chi connectivity index (χ4v) is 4.56. The van der Waals surface area contributed by atoms with E-state index in [1.54, 1.807) is 32.3 Å². The molecular formula is C19H24N4O2S. The Labute approximate surface area is 154 Å². The van der Waals surface area contributed by atoms with Crippen LogP contribution < -0.4 is 4.90 Å². The predicted octanol–water partition coefficient (Wildman–Crippen LogP) is 2.48. The first-order valence-electron chi connectivity index (χ1n) is 9.07. The molecule has 0 amide bonds. The van der Waals surface area contributed by atoms with Gasteiger partial charge in [0.15, 0.2) is 0 Å². The molecule has 0 spiro atoms. The molecule has 0 radical (unpaired) electrons. The molecule has 1 aromatic carbocycles. The topological polar surface area (TPSA) is 66.4 Å². The molecule has 138 valence electrons. The van der Waals surface area contributed by atoms with Crippen LogP contribution in [0, 0.1) is 0 Å². The monoisotopic (exact) mass is 372 g/mol. The highest BCUT2D eigenvalue weighted by Crippen LogP contribution is 2.34. The first kappa shape index (κ1) is 17.4. The summed E-state index contributed by atoms with van der Waals surface area (Å²) >= 11 is 0. The van der Waals surface area contributed by atoms with E-state index >= 15 is 0 Å². The molecule has 0 saturated carbocycles. The maximum atomic E-state index is 12.5. The summed E-state index contributed by atoms with van der Waals surface area (Å²) in [6.45, 7) is 3.17. The third kappa shape index (κ3) is 2.79. The second-order valence-corrected chi connectivity index (χ2v) is 9.45. The first-order valence-corrected chi connectivity index (χ1v) is 10.5. The third-order valence-corrected chi connectivity index (χ3v) is 7.20. The van der Waals surface area contributed by atoms with Crippen molar-refractivity contribution >= 4 is 16.0 Å². The lowest BCUT2D eigenvalue weighted by atomic mass is 10.0. The van der Waals surface area contributed by atoms with E-state index in [4.69, 9.17) is 9.97 Å². The van der Waals surface area contributed by atoms with Gasteiger partial charge in [0.1, 0.15) is 0 Å². The predicted molar refractivity (Wildman–Crippen MR) is 102 cm³/mol. The number of nitrogens with zero attached hydrogens (tertiary/aromatic N) is 4. The molecular weight excluding hydrogens is 348 g/mol. The van der Waals surface area contributed by atoms with Crippen LogP contribution in [0.25, 0.3) is 11.3 Å². The van der Waals surface area contributed by atoms with Crippen LogP contribution >= 0.6 is 0 Å². The molecule has 0 bridgehead atoms. The zero-order chi connectivity index (χ0) is 18.5. The van der Waals surface area contributed by atoms with Crippen molar-refractivity contribution in [2.75, 3.05) is 25.5 Å². The smallest absolute Gasteiger partial charge is 0.242 e. The zero-order valence-corrected chi connectivity index (χ0v) is 16.3. The SMILES string of the molecule is C[C@H]1CCN1c1nc2c(c(-c3cccc(S(=O)(=O)N(C)C)c3)n1)CCC2. The summed E-state index contributed by atoms with van der Waals surface area (Å²) in [4.78, 5) is 12.2. The molecule has 1 aliphatic carbocycles. The molecule has 26 heavy (non-hydrogen) atoms. The highest BCUT2D eigenvalue weighted by molar-refractivity contribution is 7.89. The van der Waals surface area contributed by atoms with Gasteiger partial charge in [-0.15, -0.1) is 0 Å². The van der Waals surface area contributed by atoms with Crippen LogP contribution in [-0.2, 0) is 22.9 Å². The standard InChI is InChI=1S/C19H24N4O2S/c1-13-10-11-23(13)19-20-17-9-5-8-16(17)18(21-19)14-6-4-7-15(12-14)26(24,25)22(2)3/h4,6-7,12-13H,5,8-11H2,1-3H3/t13-/m0/s1. The van der Waals surface area contributed by atoms with E-state index in [0.717, 1.165) is 55.1 Å². The normalized spacial score (nSPS) is 19.5. The number of fused-ring (bicyclic) bond motifs is 1. The van der Waals surface area contributed by atoms with Crippen molar-refractivity contribution in [3.63, 3.8) is 0 Å². The van der Waals surface area contributed by atoms with Crippen LogP contribution in [0.1, 0.15) is 31.0 Å². The highest BCUT2D eigenvalue weighted by atomic mass is 32.2. The fourth-order valence-electron chi connectivity index (χ4n) is 3.61. The summed E-state index contributed by atoms with van der Waals surface area (Å²) in [5.74, 6) is 0.778. The minimum absolute atomic E-state index is 0.296. The van der Waals surface area contributed by atoms with E-state index in [-0.39, 0.29) is 0 Å². The van der Waals surface area contributed by atoms with E-state index in [0.29, 0.717) is 10.9 Å². The maximum absolute atomic E-state index is 12.5. The molecule has 6 nitrogen and oxygen atoms in total. The lowest BCUT2D eigenvalue weighted by molar-refractivity contribution is 0.470. The van der Waals surface area contributed by atoms with Gasteiger partial charge in [0, 0.05) is 43.5 Å². The third-order valence-electron chi connectivity index (χ3n) is 5.38. The van der Waals surface area contributed by atoms with Crippen molar-refractivity contribution in [1.82, 2.24) is 14.3 Å². The van der Waals surface area contributed by atoms with Gasteiger partial charge in [-0.05, 0) is 44.7 Å². The molecule has 1 aliphatic heterocycles. The Balaban J connectivity index is 1.83. The van der Waals surface area contributed by atoms with Crippen molar-refractivity contribution in [2.24, 2.45) is 0 Å². The fraction of sp³-hybridized carbons (Fsp3) is 0.474. The summed E-state index contributed by atoms with van der Waals surface area (Å²) in [6.07, 6.45) is 4.15. The van der Waals surface area contributed by atoms with Gasteiger partial charge in [-0.1, -0.05) is 12.1 Å². The Morgan fingerprint density at radius 3 is 2.65 bits per heavy atom. The second kappa shape index (κ2) is 6.32. The number of aryl methyl sites for hydroxylation is 1. The average molecular weight is 372 g/mol. The Bertz CT molecular complexity index is 956. The van der Waals surface area contributed by atoms with Gasteiger partial charge in [-0.3, -0.25) is 0 Å². The van der Waals surface area contributed by atoms with Crippen molar-refractivity contribution in [1.29, 1.82) is 0 Å². The minimum Gasteiger partial charge on any atom is -0.338 e. The van der Waals surface area contributed by atoms with Gasteiger partial charge in [0.2, 0.25) is 16.0 Å². The zero-order valence-electron chi connectivity index (χ0n) is 15.4. The van der Waals surface area contributed by atoms with Crippen LogP contribution in [0.15, 0.2) is 29.2 Å². The number of anilines is 1. The molecule has 4 rings (SSSR count). The van der Waals surface area contributed by atoms with E-state index in [1.165, 1.54) is 9.87 Å². The van der Waals surface area contributed by atoms with Crippen LogP contribution in [0.3, 0.4) is 0 Å². The minimum atomic E-state index is -3.47. The largest absolute Gasteiger partial charge is 0.338 e. The maximum Gasteiger partial charge on any atom is 0.242 e. The van der Waals surface area contributed by atoms with Crippen molar-refractivity contribution in [2.45, 2.75) is 43.5 Å². The van der Waals surface area contributed by atoms with Gasteiger partial charge >= 0.3 is 0 Å². The van der Waals surface area contributed by atoms with Gasteiger partial charge < -0.3 is 4.90 Å². The average Bonchev–Trinajstić information content (AvgIpc) is 3.08. The summed E-state index contributed by atoms with van der Waals surface area (Å²) < 4.78 is 26.3. The highest BCUT2D eigenvalue weighted by Gasteiger charge is 2.29. The molecule has 1 fully saturated rings. The molecule has 7 heteroatoms. The molecule has 2 heterocycles. The lowest BCUT2D eigenvalue weighted by Crippen LogP contribution is -2.46. The number of benzene rings is 1. The Hall–Kier alpha value is -1.99. The van der Waals surface area contributed by atoms with E-state index in [2.05, 4.69) is 11.8 Å². The van der Waals surface area contributed by atoms with Crippen molar-refractivity contribution in [3.05, 3.63) is 35.5 Å². The molecule has 2 aromatic rings. The lowest BCUT2D eigenvalue weighted by Gasteiger charge is -2.39. The van der Waals surface area contributed by atoms with Crippen LogP contribution in [0.2, 0.25) is 0 Å². The van der Waals surface area contributed by atoms with E-state index in [9.17, 15) is 8.42 Å². The van der Waals surface area contributed by atoms with Crippen molar-refractivity contribution < 1.29 is 8.42 Å². The number of aromatic nitrogens is 2. The molecule has 2 aliphatic rings. The second-order valence-electron chi connectivity index (χ2n) is 7.30. The van der Waals surface area contributed by atoms with Crippen molar-refractivity contribution in [3.8, 4) is 11.3 Å². The van der Waals surface area contributed by atoms with Gasteiger partial charge in [0.05, 0.1) is 10.6 Å². The molecule has 0 N–H and O–H groups in total. The summed E-state index contributed by atoms with van der Waals surface area (Å²) in [5, 5.41) is 0. The summed E-state index contributed by atoms with van der Waals surface area (Å²) in [5.41, 5.74) is 4.02. The van der Waals surface area contributed by atoms with Crippen LogP contribution in [0.4, 0.5) is 5.95 Å². The molecule has 1 aromatic heterocycles. The molecule has 1 atom stereocenters.